The molecule has 0 atom stereocenters. The van der Waals surface area contributed by atoms with Crippen LogP contribution in [0.15, 0.2) is 48.0 Å². The predicted molar refractivity (Wildman–Crippen MR) is 117 cm³/mol. The highest BCUT2D eigenvalue weighted by molar-refractivity contribution is 14.0. The number of aromatic nitrogens is 2. The van der Waals surface area contributed by atoms with Gasteiger partial charge in [0.15, 0.2) is 5.96 Å². The van der Waals surface area contributed by atoms with E-state index in [0.29, 0.717) is 6.54 Å². The molecule has 0 spiro atoms. The summed E-state index contributed by atoms with van der Waals surface area (Å²) in [4.78, 5) is 8.76. The zero-order valence-electron chi connectivity index (χ0n) is 15.6. The molecule has 0 aliphatic rings. The van der Waals surface area contributed by atoms with E-state index in [2.05, 4.69) is 56.4 Å². The fourth-order valence-electron chi connectivity index (χ4n) is 2.45. The third-order valence-corrected chi connectivity index (χ3v) is 3.64. The second-order valence-corrected chi connectivity index (χ2v) is 5.73. The molecule has 0 fully saturated rings. The molecule has 0 bridgehead atoms. The van der Waals surface area contributed by atoms with Crippen molar-refractivity contribution in [2.24, 2.45) is 4.99 Å². The van der Waals surface area contributed by atoms with Crippen molar-refractivity contribution in [1.82, 2.24) is 20.2 Å². The van der Waals surface area contributed by atoms with Crippen LogP contribution in [0.5, 0.6) is 0 Å². The fraction of sp³-hybridized carbons (Fsp3) is 0.474. The van der Waals surface area contributed by atoms with Crippen molar-refractivity contribution in [1.29, 1.82) is 0 Å². The van der Waals surface area contributed by atoms with Gasteiger partial charge in [0, 0.05) is 45.2 Å². The maximum atomic E-state index is 5.35. The maximum absolute atomic E-state index is 5.35. The van der Waals surface area contributed by atoms with E-state index in [1.165, 1.54) is 11.1 Å². The molecule has 0 amide bonds. The van der Waals surface area contributed by atoms with Crippen molar-refractivity contribution in [2.75, 3.05) is 26.3 Å². The Morgan fingerprint density at radius 2 is 2.08 bits per heavy atom. The maximum Gasteiger partial charge on any atom is 0.191 e. The van der Waals surface area contributed by atoms with Crippen LogP contribution in [0.3, 0.4) is 0 Å². The minimum atomic E-state index is 0. The molecule has 0 radical (unpaired) electrons. The van der Waals surface area contributed by atoms with Gasteiger partial charge in [0.1, 0.15) is 0 Å². The highest BCUT2D eigenvalue weighted by Crippen LogP contribution is 2.08. The molecule has 1 heterocycles. The quantitative estimate of drug-likeness (QED) is 0.242. The SMILES string of the molecule is CCNC(=NCc1cccc(Cn2ccnc2)c1)NCCCOCC.I. The van der Waals surface area contributed by atoms with Gasteiger partial charge in [-0.05, 0) is 31.4 Å². The molecule has 26 heavy (non-hydrogen) atoms. The lowest BCUT2D eigenvalue weighted by molar-refractivity contribution is 0.145. The number of benzene rings is 1. The van der Waals surface area contributed by atoms with Crippen molar-refractivity contribution in [2.45, 2.75) is 33.4 Å². The third-order valence-electron chi connectivity index (χ3n) is 3.64. The van der Waals surface area contributed by atoms with E-state index >= 15 is 0 Å². The van der Waals surface area contributed by atoms with Crippen LogP contribution in [-0.4, -0.2) is 41.8 Å². The molecule has 2 rings (SSSR count). The second-order valence-electron chi connectivity index (χ2n) is 5.73. The van der Waals surface area contributed by atoms with E-state index in [9.17, 15) is 0 Å². The summed E-state index contributed by atoms with van der Waals surface area (Å²) in [6.07, 6.45) is 6.58. The number of halogens is 1. The van der Waals surface area contributed by atoms with E-state index in [4.69, 9.17) is 4.74 Å². The van der Waals surface area contributed by atoms with Crippen molar-refractivity contribution < 1.29 is 4.74 Å². The van der Waals surface area contributed by atoms with Crippen LogP contribution in [0.25, 0.3) is 0 Å². The zero-order valence-corrected chi connectivity index (χ0v) is 18.0. The average Bonchev–Trinajstić information content (AvgIpc) is 3.13. The number of rotatable bonds is 10. The second kappa shape index (κ2) is 13.6. The number of guanidine groups is 1. The minimum absolute atomic E-state index is 0. The van der Waals surface area contributed by atoms with E-state index in [0.717, 1.165) is 45.2 Å². The molecule has 0 unspecified atom stereocenters. The molecule has 7 heteroatoms. The molecule has 0 saturated carbocycles. The summed E-state index contributed by atoms with van der Waals surface area (Å²) in [7, 11) is 0. The highest BCUT2D eigenvalue weighted by atomic mass is 127. The number of imidazole rings is 1. The summed E-state index contributed by atoms with van der Waals surface area (Å²) in [5, 5.41) is 6.63. The number of hydrogen-bond acceptors (Lipinski definition) is 3. The summed E-state index contributed by atoms with van der Waals surface area (Å²) < 4.78 is 7.42. The van der Waals surface area contributed by atoms with Gasteiger partial charge in [-0.1, -0.05) is 24.3 Å². The van der Waals surface area contributed by atoms with Gasteiger partial charge >= 0.3 is 0 Å². The van der Waals surface area contributed by atoms with E-state index < -0.39 is 0 Å². The summed E-state index contributed by atoms with van der Waals surface area (Å²) in [6.45, 7) is 8.81. The predicted octanol–water partition coefficient (Wildman–Crippen LogP) is 3.03. The topological polar surface area (TPSA) is 63.5 Å². The molecule has 1 aromatic heterocycles. The molecule has 144 valence electrons. The van der Waals surface area contributed by atoms with E-state index in [1.54, 1.807) is 6.20 Å². The van der Waals surface area contributed by atoms with Crippen LogP contribution >= 0.6 is 24.0 Å². The number of hydrogen-bond donors (Lipinski definition) is 2. The Bertz CT molecular complexity index is 631. The van der Waals surface area contributed by atoms with Gasteiger partial charge in [-0.2, -0.15) is 0 Å². The van der Waals surface area contributed by atoms with Crippen LogP contribution in [0.1, 0.15) is 31.4 Å². The Balaban J connectivity index is 0.00000338. The first-order valence-electron chi connectivity index (χ1n) is 8.95. The van der Waals surface area contributed by atoms with Crippen molar-refractivity contribution in [3.8, 4) is 0 Å². The average molecular weight is 471 g/mol. The van der Waals surface area contributed by atoms with Gasteiger partial charge < -0.3 is 19.9 Å². The van der Waals surface area contributed by atoms with Crippen LogP contribution in [-0.2, 0) is 17.8 Å². The zero-order chi connectivity index (χ0) is 17.7. The Morgan fingerprint density at radius 3 is 2.81 bits per heavy atom. The minimum Gasteiger partial charge on any atom is -0.382 e. The summed E-state index contributed by atoms with van der Waals surface area (Å²) in [5.41, 5.74) is 2.45. The fourth-order valence-corrected chi connectivity index (χ4v) is 2.45. The molecule has 0 aliphatic carbocycles. The van der Waals surface area contributed by atoms with E-state index in [-0.39, 0.29) is 24.0 Å². The molecular formula is C19H30IN5O. The van der Waals surface area contributed by atoms with Gasteiger partial charge in [0.05, 0.1) is 12.9 Å². The van der Waals surface area contributed by atoms with Gasteiger partial charge in [-0.3, -0.25) is 0 Å². The number of nitrogens with zero attached hydrogens (tertiary/aromatic N) is 3. The van der Waals surface area contributed by atoms with E-state index in [1.807, 2.05) is 19.4 Å². The summed E-state index contributed by atoms with van der Waals surface area (Å²) >= 11 is 0. The van der Waals surface area contributed by atoms with Crippen LogP contribution < -0.4 is 10.6 Å². The van der Waals surface area contributed by atoms with Crippen molar-refractivity contribution >= 4 is 29.9 Å². The van der Waals surface area contributed by atoms with Gasteiger partial charge in [0.25, 0.3) is 0 Å². The Labute approximate surface area is 173 Å². The van der Waals surface area contributed by atoms with Gasteiger partial charge in [-0.15, -0.1) is 24.0 Å². The Kier molecular flexibility index (Phi) is 11.7. The van der Waals surface area contributed by atoms with Crippen LogP contribution in [0, 0.1) is 0 Å². The molecule has 2 aromatic rings. The molecule has 0 aliphatic heterocycles. The number of aliphatic imine (C=N–C) groups is 1. The van der Waals surface area contributed by atoms with Gasteiger partial charge in [0.2, 0.25) is 0 Å². The summed E-state index contributed by atoms with van der Waals surface area (Å²) in [6, 6.07) is 8.52. The normalized spacial score (nSPS) is 11.1. The van der Waals surface area contributed by atoms with Crippen LogP contribution in [0.2, 0.25) is 0 Å². The number of nitrogens with one attached hydrogen (secondary N) is 2. The molecule has 1 aromatic carbocycles. The summed E-state index contributed by atoms with van der Waals surface area (Å²) in [5.74, 6) is 0.846. The molecular weight excluding hydrogens is 441 g/mol. The molecule has 6 nitrogen and oxygen atoms in total. The first-order valence-corrected chi connectivity index (χ1v) is 8.95. The number of ether oxygens (including phenoxy) is 1. The lowest BCUT2D eigenvalue weighted by Gasteiger charge is -2.11. The van der Waals surface area contributed by atoms with Crippen molar-refractivity contribution in [3.63, 3.8) is 0 Å². The first kappa shape index (κ1) is 22.4. The first-order chi connectivity index (χ1) is 12.3. The monoisotopic (exact) mass is 471 g/mol. The van der Waals surface area contributed by atoms with Crippen molar-refractivity contribution in [3.05, 3.63) is 54.1 Å². The van der Waals surface area contributed by atoms with Crippen LogP contribution in [0.4, 0.5) is 0 Å². The largest absolute Gasteiger partial charge is 0.382 e. The smallest absolute Gasteiger partial charge is 0.191 e. The highest BCUT2D eigenvalue weighted by Gasteiger charge is 2.00. The Morgan fingerprint density at radius 1 is 1.23 bits per heavy atom. The van der Waals surface area contributed by atoms with Gasteiger partial charge in [-0.25, -0.2) is 9.98 Å². The molecule has 2 N–H and O–H groups in total. The molecule has 0 saturated heterocycles. The Hall–Kier alpha value is -1.61. The lowest BCUT2D eigenvalue weighted by Crippen LogP contribution is -2.38. The lowest BCUT2D eigenvalue weighted by atomic mass is 10.1. The third kappa shape index (κ3) is 8.66. The standard InChI is InChI=1S/C19H29N5O.HI/c1-3-21-19(22-9-6-12-25-4-2)23-14-17-7-5-8-18(13-17)15-24-11-10-20-16-24;/h5,7-8,10-11,13,16H,3-4,6,9,12,14-15H2,1-2H3,(H2,21,22,23);1H.